The van der Waals surface area contributed by atoms with Gasteiger partial charge in [0.2, 0.25) is 0 Å². The Balaban J connectivity index is 2.29. The van der Waals surface area contributed by atoms with Crippen molar-refractivity contribution in [3.8, 4) is 6.07 Å². The first kappa shape index (κ1) is 17.5. The molecule has 1 N–H and O–H groups in total. The number of nitrogens with one attached hydrogen (secondary N) is 1. The number of halogens is 2. The van der Waals surface area contributed by atoms with Crippen molar-refractivity contribution in [1.29, 1.82) is 5.26 Å². The number of nitrogens with zero attached hydrogens (tertiary/aromatic N) is 2. The lowest BCUT2D eigenvalue weighted by Crippen LogP contribution is -2.14. The number of anilines is 1. The maximum atomic E-state index is 12.2. The standard InChI is InChI=1S/C16H9Cl2N3O3/c17-12-3-1-10(2-4-12)7-11(9-19)16(22)20-14-6-5-13(18)8-15(14)21(23)24/h1-8H,(H,20,22)/b11-7-. The van der Waals surface area contributed by atoms with Gasteiger partial charge in [-0.3, -0.25) is 14.9 Å². The summed E-state index contributed by atoms with van der Waals surface area (Å²) in [5.74, 6) is -0.766. The molecule has 0 bridgehead atoms. The lowest BCUT2D eigenvalue weighted by Gasteiger charge is -2.05. The average molecular weight is 362 g/mol. The van der Waals surface area contributed by atoms with E-state index in [4.69, 9.17) is 28.5 Å². The average Bonchev–Trinajstić information content (AvgIpc) is 2.55. The molecule has 0 saturated carbocycles. The van der Waals surface area contributed by atoms with Crippen molar-refractivity contribution in [2.45, 2.75) is 0 Å². The first-order chi connectivity index (χ1) is 11.4. The molecule has 2 aromatic carbocycles. The van der Waals surface area contributed by atoms with Crippen LogP contribution in [0.15, 0.2) is 48.0 Å². The Morgan fingerprint density at radius 2 is 1.79 bits per heavy atom. The van der Waals surface area contributed by atoms with Gasteiger partial charge in [-0.25, -0.2) is 0 Å². The van der Waals surface area contributed by atoms with Gasteiger partial charge in [-0.15, -0.1) is 0 Å². The van der Waals surface area contributed by atoms with Crippen LogP contribution in [0.25, 0.3) is 6.08 Å². The fourth-order valence-corrected chi connectivity index (χ4v) is 2.12. The third-order valence-corrected chi connectivity index (χ3v) is 3.44. The van der Waals surface area contributed by atoms with Crippen molar-refractivity contribution < 1.29 is 9.72 Å². The number of nitro groups is 1. The van der Waals surface area contributed by atoms with E-state index in [1.54, 1.807) is 30.3 Å². The smallest absolute Gasteiger partial charge is 0.294 e. The van der Waals surface area contributed by atoms with E-state index in [1.165, 1.54) is 18.2 Å². The van der Waals surface area contributed by atoms with E-state index in [0.717, 1.165) is 6.07 Å². The topological polar surface area (TPSA) is 96.0 Å². The van der Waals surface area contributed by atoms with E-state index in [1.807, 2.05) is 0 Å². The van der Waals surface area contributed by atoms with Crippen molar-refractivity contribution in [3.05, 3.63) is 73.8 Å². The molecule has 0 aromatic heterocycles. The molecule has 0 atom stereocenters. The highest BCUT2D eigenvalue weighted by Gasteiger charge is 2.18. The van der Waals surface area contributed by atoms with Gasteiger partial charge in [-0.1, -0.05) is 35.3 Å². The minimum absolute atomic E-state index is 0.0494. The molecule has 0 heterocycles. The summed E-state index contributed by atoms with van der Waals surface area (Å²) >= 11 is 11.5. The Kier molecular flexibility index (Phi) is 5.53. The highest BCUT2D eigenvalue weighted by molar-refractivity contribution is 6.31. The van der Waals surface area contributed by atoms with Crippen LogP contribution in [0.4, 0.5) is 11.4 Å². The Morgan fingerprint density at radius 1 is 1.17 bits per heavy atom. The summed E-state index contributed by atoms with van der Waals surface area (Å²) in [5, 5.41) is 23.2. The Bertz CT molecular complexity index is 871. The fraction of sp³-hybridized carbons (Fsp3) is 0. The largest absolute Gasteiger partial charge is 0.316 e. The first-order valence-electron chi connectivity index (χ1n) is 6.53. The summed E-state index contributed by atoms with van der Waals surface area (Å²) in [4.78, 5) is 22.5. The number of hydrogen-bond donors (Lipinski definition) is 1. The number of carbonyl (C=O) groups excluding carboxylic acids is 1. The van der Waals surface area contributed by atoms with E-state index in [2.05, 4.69) is 5.32 Å². The van der Waals surface area contributed by atoms with E-state index >= 15 is 0 Å². The zero-order valence-electron chi connectivity index (χ0n) is 12.0. The number of rotatable bonds is 4. The van der Waals surface area contributed by atoms with Gasteiger partial charge in [0.15, 0.2) is 0 Å². The number of nitro benzene ring substituents is 1. The molecule has 0 aliphatic carbocycles. The minimum atomic E-state index is -0.766. The summed E-state index contributed by atoms with van der Waals surface area (Å²) in [6, 6.07) is 12.1. The molecule has 6 nitrogen and oxygen atoms in total. The molecule has 0 aliphatic rings. The maximum absolute atomic E-state index is 12.2. The highest BCUT2D eigenvalue weighted by Crippen LogP contribution is 2.28. The molecule has 0 aliphatic heterocycles. The third kappa shape index (κ3) is 4.32. The van der Waals surface area contributed by atoms with Crippen LogP contribution in [-0.4, -0.2) is 10.8 Å². The second-order valence-corrected chi connectivity index (χ2v) is 5.47. The van der Waals surface area contributed by atoms with Gasteiger partial charge in [0.25, 0.3) is 11.6 Å². The molecule has 8 heteroatoms. The van der Waals surface area contributed by atoms with E-state index in [0.29, 0.717) is 10.6 Å². The summed E-state index contributed by atoms with van der Waals surface area (Å²) in [5.41, 5.74) is -0.0236. The monoisotopic (exact) mass is 361 g/mol. The third-order valence-electron chi connectivity index (χ3n) is 2.95. The second kappa shape index (κ2) is 7.59. The molecule has 2 rings (SSSR count). The number of benzene rings is 2. The van der Waals surface area contributed by atoms with Gasteiger partial charge in [-0.2, -0.15) is 5.26 Å². The predicted octanol–water partition coefficient (Wildman–Crippen LogP) is 4.45. The Hall–Kier alpha value is -2.88. The van der Waals surface area contributed by atoms with E-state index in [-0.39, 0.29) is 22.0 Å². The fourth-order valence-electron chi connectivity index (χ4n) is 1.83. The van der Waals surface area contributed by atoms with Crippen LogP contribution in [-0.2, 0) is 4.79 Å². The molecule has 120 valence electrons. The summed E-state index contributed by atoms with van der Waals surface area (Å²) in [6.07, 6.45) is 1.35. The van der Waals surface area contributed by atoms with Crippen molar-refractivity contribution in [1.82, 2.24) is 0 Å². The lowest BCUT2D eigenvalue weighted by atomic mass is 10.1. The van der Waals surface area contributed by atoms with Crippen LogP contribution in [0, 0.1) is 21.4 Å². The molecule has 2 aromatic rings. The highest BCUT2D eigenvalue weighted by atomic mass is 35.5. The van der Waals surface area contributed by atoms with Crippen LogP contribution in [0.3, 0.4) is 0 Å². The van der Waals surface area contributed by atoms with Crippen LogP contribution < -0.4 is 5.32 Å². The second-order valence-electron chi connectivity index (χ2n) is 4.59. The number of amides is 1. The van der Waals surface area contributed by atoms with Crippen LogP contribution in [0.5, 0.6) is 0 Å². The molecular formula is C16H9Cl2N3O3. The molecule has 24 heavy (non-hydrogen) atoms. The number of carbonyl (C=O) groups is 1. The van der Waals surface area contributed by atoms with Gasteiger partial charge >= 0.3 is 0 Å². The normalized spacial score (nSPS) is 10.8. The Morgan fingerprint density at radius 3 is 2.38 bits per heavy atom. The van der Waals surface area contributed by atoms with Gasteiger partial charge < -0.3 is 5.32 Å². The first-order valence-corrected chi connectivity index (χ1v) is 7.29. The molecule has 0 spiro atoms. The van der Waals surface area contributed by atoms with Crippen molar-refractivity contribution in [2.24, 2.45) is 0 Å². The molecule has 1 amide bonds. The van der Waals surface area contributed by atoms with Gasteiger partial charge in [0.05, 0.1) is 4.92 Å². The molecule has 0 radical (unpaired) electrons. The van der Waals surface area contributed by atoms with Gasteiger partial charge in [0.1, 0.15) is 17.3 Å². The quantitative estimate of drug-likeness (QED) is 0.376. The molecule has 0 saturated heterocycles. The van der Waals surface area contributed by atoms with Crippen LogP contribution in [0.1, 0.15) is 5.56 Å². The van der Waals surface area contributed by atoms with E-state index in [9.17, 15) is 14.9 Å². The Labute approximate surface area is 147 Å². The zero-order valence-corrected chi connectivity index (χ0v) is 13.5. The summed E-state index contributed by atoms with van der Waals surface area (Å²) in [7, 11) is 0. The molecule has 0 unspecified atom stereocenters. The molecular weight excluding hydrogens is 353 g/mol. The SMILES string of the molecule is N#C/C(=C/c1ccc(Cl)cc1)C(=O)Nc1ccc(Cl)cc1[N+](=O)[O-]. The summed E-state index contributed by atoms with van der Waals surface area (Å²) in [6.45, 7) is 0. The number of nitriles is 1. The predicted molar refractivity (Wildman–Crippen MR) is 91.8 cm³/mol. The maximum Gasteiger partial charge on any atom is 0.294 e. The van der Waals surface area contributed by atoms with Crippen LogP contribution >= 0.6 is 23.2 Å². The zero-order chi connectivity index (χ0) is 17.7. The molecule has 0 fully saturated rings. The van der Waals surface area contributed by atoms with Crippen molar-refractivity contribution in [3.63, 3.8) is 0 Å². The minimum Gasteiger partial charge on any atom is -0.316 e. The summed E-state index contributed by atoms with van der Waals surface area (Å²) < 4.78 is 0. The van der Waals surface area contributed by atoms with E-state index < -0.39 is 10.8 Å². The van der Waals surface area contributed by atoms with Crippen molar-refractivity contribution >= 4 is 46.6 Å². The van der Waals surface area contributed by atoms with Gasteiger partial charge in [-0.05, 0) is 35.9 Å². The van der Waals surface area contributed by atoms with Gasteiger partial charge in [0, 0.05) is 16.1 Å². The number of hydrogen-bond acceptors (Lipinski definition) is 4. The van der Waals surface area contributed by atoms with Crippen molar-refractivity contribution in [2.75, 3.05) is 5.32 Å². The lowest BCUT2D eigenvalue weighted by molar-refractivity contribution is -0.383. The van der Waals surface area contributed by atoms with Crippen LogP contribution in [0.2, 0.25) is 10.0 Å².